The van der Waals surface area contributed by atoms with Crippen LogP contribution in [0.4, 0.5) is 10.5 Å². The summed E-state index contributed by atoms with van der Waals surface area (Å²) in [6, 6.07) is 15.2. The maximum absolute atomic E-state index is 12.5. The van der Waals surface area contributed by atoms with Crippen LogP contribution in [-0.4, -0.2) is 26.8 Å². The van der Waals surface area contributed by atoms with Crippen molar-refractivity contribution in [3.63, 3.8) is 0 Å². The molecule has 0 spiro atoms. The molecule has 0 fully saturated rings. The number of nitrogens with zero attached hydrogens (tertiary/aromatic N) is 1. The predicted octanol–water partition coefficient (Wildman–Crippen LogP) is 3.33. The Morgan fingerprint density at radius 2 is 1.78 bits per heavy atom. The molecule has 1 atom stereocenters. The van der Waals surface area contributed by atoms with Gasteiger partial charge in [-0.15, -0.1) is 0 Å². The van der Waals surface area contributed by atoms with Crippen LogP contribution in [-0.2, 0) is 18.3 Å². The van der Waals surface area contributed by atoms with Gasteiger partial charge in [0.05, 0.1) is 12.5 Å². The Hall–Kier alpha value is -4.07. The van der Waals surface area contributed by atoms with E-state index in [1.165, 1.54) is 35.0 Å². The molecule has 1 heterocycles. The zero-order chi connectivity index (χ0) is 23.3. The number of urea groups is 1. The quantitative estimate of drug-likeness (QED) is 0.454. The van der Waals surface area contributed by atoms with E-state index in [0.717, 1.165) is 12.0 Å². The average Bonchev–Trinajstić information content (AvgIpc) is 2.74. The molecule has 0 unspecified atom stereocenters. The van der Waals surface area contributed by atoms with Gasteiger partial charge in [-0.3, -0.25) is 9.59 Å². The molecule has 0 saturated carbocycles. The molecule has 32 heavy (non-hydrogen) atoms. The number of amides is 2. The Kier molecular flexibility index (Phi) is 6.94. The summed E-state index contributed by atoms with van der Waals surface area (Å²) in [6.45, 7) is 2.03. The molecule has 0 aliphatic heterocycles. The van der Waals surface area contributed by atoms with Crippen LogP contribution in [0.25, 0.3) is 0 Å². The summed E-state index contributed by atoms with van der Waals surface area (Å²) in [4.78, 5) is 35.9. The number of aliphatic carboxylic acids is 1. The molecule has 166 valence electrons. The minimum absolute atomic E-state index is 0.282. The lowest BCUT2D eigenvalue weighted by Gasteiger charge is -2.18. The number of benzene rings is 2. The Morgan fingerprint density at radius 1 is 1.06 bits per heavy atom. The number of pyridine rings is 1. The topological polar surface area (TPSA) is 121 Å². The van der Waals surface area contributed by atoms with Crippen LogP contribution in [0.15, 0.2) is 65.6 Å². The van der Waals surface area contributed by atoms with E-state index in [-0.39, 0.29) is 17.9 Å². The molecule has 0 saturated heterocycles. The van der Waals surface area contributed by atoms with Gasteiger partial charge in [-0.1, -0.05) is 54.1 Å². The molecule has 0 radical (unpaired) electrons. The summed E-state index contributed by atoms with van der Waals surface area (Å²) in [5.41, 5.74) is 3.14. The first-order valence-electron chi connectivity index (χ1n) is 10.0. The summed E-state index contributed by atoms with van der Waals surface area (Å²) in [6.07, 6.45) is 1.76. The van der Waals surface area contributed by atoms with E-state index in [1.54, 1.807) is 12.1 Å². The fourth-order valence-corrected chi connectivity index (χ4v) is 3.40. The SMILES string of the molecule is Cc1cccc(Cc2ccc([C@H](CC(=O)O)NC(=O)Nc3c(O)ccn(C)c3=O)cc2)c1. The predicted molar refractivity (Wildman–Crippen MR) is 121 cm³/mol. The number of carbonyl (C=O) groups is 2. The molecule has 0 bridgehead atoms. The number of nitrogens with one attached hydrogen (secondary N) is 2. The molecule has 4 N–H and O–H groups in total. The maximum atomic E-state index is 12.5. The van der Waals surface area contributed by atoms with Crippen molar-refractivity contribution in [2.75, 3.05) is 5.32 Å². The molecular weight excluding hydrogens is 410 g/mol. The van der Waals surface area contributed by atoms with Crippen molar-refractivity contribution in [1.29, 1.82) is 0 Å². The molecule has 2 aromatic carbocycles. The Bertz CT molecular complexity index is 1180. The highest BCUT2D eigenvalue weighted by Gasteiger charge is 2.20. The van der Waals surface area contributed by atoms with Gasteiger partial charge >= 0.3 is 12.0 Å². The number of aryl methyl sites for hydroxylation is 2. The lowest BCUT2D eigenvalue weighted by Crippen LogP contribution is -2.35. The van der Waals surface area contributed by atoms with Gasteiger partial charge in [-0.05, 0) is 36.1 Å². The summed E-state index contributed by atoms with van der Waals surface area (Å²) in [7, 11) is 1.48. The second kappa shape index (κ2) is 9.82. The summed E-state index contributed by atoms with van der Waals surface area (Å²) >= 11 is 0. The monoisotopic (exact) mass is 435 g/mol. The third kappa shape index (κ3) is 5.75. The van der Waals surface area contributed by atoms with Crippen molar-refractivity contribution in [3.05, 3.63) is 93.4 Å². The molecule has 1 aromatic heterocycles. The number of rotatable bonds is 7. The number of carboxylic acids is 1. The summed E-state index contributed by atoms with van der Waals surface area (Å²) in [5.74, 6) is -1.46. The van der Waals surface area contributed by atoms with Crippen LogP contribution in [0.1, 0.15) is 34.7 Å². The zero-order valence-corrected chi connectivity index (χ0v) is 17.8. The molecule has 2 amide bonds. The first-order valence-corrected chi connectivity index (χ1v) is 10.0. The van der Waals surface area contributed by atoms with Crippen LogP contribution in [0.3, 0.4) is 0 Å². The first-order chi connectivity index (χ1) is 15.2. The Balaban J connectivity index is 1.75. The fraction of sp³-hybridized carbons (Fsp3) is 0.208. The molecule has 0 aliphatic rings. The summed E-state index contributed by atoms with van der Waals surface area (Å²) in [5, 5.41) is 24.1. The van der Waals surface area contributed by atoms with Gasteiger partial charge in [-0.25, -0.2) is 4.79 Å². The second-order valence-corrected chi connectivity index (χ2v) is 7.65. The Labute approximate surface area is 185 Å². The number of aromatic hydroxyl groups is 1. The zero-order valence-electron chi connectivity index (χ0n) is 17.8. The number of hydrogen-bond donors (Lipinski definition) is 4. The Morgan fingerprint density at radius 3 is 2.44 bits per heavy atom. The van der Waals surface area contributed by atoms with E-state index in [4.69, 9.17) is 0 Å². The number of carbonyl (C=O) groups excluding carboxylic acids is 1. The van der Waals surface area contributed by atoms with Gasteiger partial charge < -0.3 is 25.4 Å². The highest BCUT2D eigenvalue weighted by atomic mass is 16.4. The van der Waals surface area contributed by atoms with Crippen molar-refractivity contribution < 1.29 is 19.8 Å². The van der Waals surface area contributed by atoms with Crippen molar-refractivity contribution in [2.45, 2.75) is 25.8 Å². The standard InChI is InChI=1S/C24H25N3O5/c1-15-4-3-5-17(12-15)13-16-6-8-18(9-7-16)19(14-21(29)30)25-24(32)26-22-20(28)10-11-27(2)23(22)31/h3-12,19,28H,13-14H2,1-2H3,(H,29,30)(H2,25,26,32)/t19-/m0/s1. The number of carboxylic acid groups (broad SMARTS) is 1. The highest BCUT2D eigenvalue weighted by Crippen LogP contribution is 2.21. The minimum Gasteiger partial charge on any atom is -0.505 e. The van der Waals surface area contributed by atoms with E-state index in [2.05, 4.69) is 16.7 Å². The van der Waals surface area contributed by atoms with Crippen LogP contribution in [0, 0.1) is 6.92 Å². The van der Waals surface area contributed by atoms with Gasteiger partial charge in [0.25, 0.3) is 5.56 Å². The van der Waals surface area contributed by atoms with E-state index in [9.17, 15) is 24.6 Å². The van der Waals surface area contributed by atoms with Gasteiger partial charge in [0.15, 0.2) is 5.69 Å². The number of aromatic nitrogens is 1. The van der Waals surface area contributed by atoms with Gasteiger partial charge in [0.1, 0.15) is 5.75 Å². The van der Waals surface area contributed by atoms with E-state index >= 15 is 0 Å². The van der Waals surface area contributed by atoms with Crippen molar-refractivity contribution >= 4 is 17.7 Å². The average molecular weight is 435 g/mol. The highest BCUT2D eigenvalue weighted by molar-refractivity contribution is 5.91. The van der Waals surface area contributed by atoms with E-state index in [0.29, 0.717) is 5.56 Å². The van der Waals surface area contributed by atoms with Crippen LogP contribution in [0.5, 0.6) is 5.75 Å². The van der Waals surface area contributed by atoms with E-state index in [1.807, 2.05) is 37.3 Å². The molecule has 3 aromatic rings. The van der Waals surface area contributed by atoms with Crippen LogP contribution < -0.4 is 16.2 Å². The lowest BCUT2D eigenvalue weighted by molar-refractivity contribution is -0.137. The smallest absolute Gasteiger partial charge is 0.319 e. The summed E-state index contributed by atoms with van der Waals surface area (Å²) < 4.78 is 1.21. The van der Waals surface area contributed by atoms with Crippen LogP contribution >= 0.6 is 0 Å². The van der Waals surface area contributed by atoms with Gasteiger partial charge in [-0.2, -0.15) is 0 Å². The molecule has 8 nitrogen and oxygen atoms in total. The largest absolute Gasteiger partial charge is 0.505 e. The number of hydrogen-bond acceptors (Lipinski definition) is 4. The van der Waals surface area contributed by atoms with Crippen LogP contribution in [0.2, 0.25) is 0 Å². The third-order valence-corrected chi connectivity index (χ3v) is 5.04. The normalized spacial score (nSPS) is 11.6. The van der Waals surface area contributed by atoms with Gasteiger partial charge in [0, 0.05) is 13.2 Å². The fourth-order valence-electron chi connectivity index (χ4n) is 3.40. The second-order valence-electron chi connectivity index (χ2n) is 7.65. The van der Waals surface area contributed by atoms with Gasteiger partial charge in [0.2, 0.25) is 0 Å². The lowest BCUT2D eigenvalue weighted by atomic mass is 9.98. The maximum Gasteiger partial charge on any atom is 0.319 e. The molecular formula is C24H25N3O5. The van der Waals surface area contributed by atoms with Crippen molar-refractivity contribution in [2.24, 2.45) is 7.05 Å². The van der Waals surface area contributed by atoms with Crippen molar-refractivity contribution in [1.82, 2.24) is 9.88 Å². The number of anilines is 1. The van der Waals surface area contributed by atoms with Crippen molar-refractivity contribution in [3.8, 4) is 5.75 Å². The van der Waals surface area contributed by atoms with E-state index < -0.39 is 23.6 Å². The third-order valence-electron chi connectivity index (χ3n) is 5.04. The first kappa shape index (κ1) is 22.6. The minimum atomic E-state index is -1.09. The molecule has 0 aliphatic carbocycles. The molecule has 3 rings (SSSR count). The molecule has 8 heteroatoms.